The standard InChI is InChI=1S/C14H13Cl2NO/c15-10-12-1-2-14(13(16)9-12)18-8-5-11-3-6-17-7-4-11/h1-4,6-7,9H,5,8,10H2. The number of halogens is 2. The number of ether oxygens (including phenoxy) is 1. The third kappa shape index (κ3) is 3.62. The highest BCUT2D eigenvalue weighted by atomic mass is 35.5. The molecule has 0 unspecified atom stereocenters. The van der Waals surface area contributed by atoms with Gasteiger partial charge in [-0.05, 0) is 35.4 Å². The lowest BCUT2D eigenvalue weighted by Crippen LogP contribution is -2.01. The van der Waals surface area contributed by atoms with Crippen molar-refractivity contribution < 1.29 is 4.74 Å². The molecule has 2 aromatic rings. The second kappa shape index (κ2) is 6.62. The monoisotopic (exact) mass is 281 g/mol. The van der Waals surface area contributed by atoms with Crippen LogP contribution in [0.4, 0.5) is 0 Å². The number of hydrogen-bond donors (Lipinski definition) is 0. The Balaban J connectivity index is 1.91. The summed E-state index contributed by atoms with van der Waals surface area (Å²) in [5, 5.41) is 0.600. The third-order valence-corrected chi connectivity index (χ3v) is 3.15. The van der Waals surface area contributed by atoms with Gasteiger partial charge in [0.1, 0.15) is 5.75 Å². The average molecular weight is 282 g/mol. The van der Waals surface area contributed by atoms with Gasteiger partial charge in [-0.3, -0.25) is 4.98 Å². The van der Waals surface area contributed by atoms with Gasteiger partial charge in [-0.2, -0.15) is 0 Å². The molecule has 0 bridgehead atoms. The number of pyridine rings is 1. The molecule has 0 aliphatic rings. The Morgan fingerprint density at radius 2 is 1.83 bits per heavy atom. The van der Waals surface area contributed by atoms with Crippen LogP contribution in [0.5, 0.6) is 5.75 Å². The molecule has 0 aliphatic carbocycles. The zero-order chi connectivity index (χ0) is 12.8. The first-order valence-corrected chi connectivity index (χ1v) is 6.57. The molecule has 0 N–H and O–H groups in total. The number of nitrogens with zero attached hydrogens (tertiary/aromatic N) is 1. The highest BCUT2D eigenvalue weighted by Crippen LogP contribution is 2.26. The fraction of sp³-hybridized carbons (Fsp3) is 0.214. The fourth-order valence-corrected chi connectivity index (χ4v) is 2.00. The van der Waals surface area contributed by atoms with Gasteiger partial charge in [-0.15, -0.1) is 11.6 Å². The van der Waals surface area contributed by atoms with Crippen molar-refractivity contribution in [3.63, 3.8) is 0 Å². The summed E-state index contributed by atoms with van der Waals surface area (Å²) in [6.45, 7) is 0.587. The van der Waals surface area contributed by atoms with E-state index >= 15 is 0 Å². The Bertz CT molecular complexity index is 502. The maximum Gasteiger partial charge on any atom is 0.137 e. The van der Waals surface area contributed by atoms with Crippen molar-refractivity contribution >= 4 is 23.2 Å². The summed E-state index contributed by atoms with van der Waals surface area (Å²) in [6.07, 6.45) is 4.38. The zero-order valence-electron chi connectivity index (χ0n) is 9.77. The molecule has 2 nitrogen and oxygen atoms in total. The lowest BCUT2D eigenvalue weighted by Gasteiger charge is -2.08. The van der Waals surface area contributed by atoms with Crippen LogP contribution in [0.15, 0.2) is 42.7 Å². The molecule has 0 aliphatic heterocycles. The van der Waals surface area contributed by atoms with Crippen molar-refractivity contribution in [2.45, 2.75) is 12.3 Å². The quantitative estimate of drug-likeness (QED) is 0.770. The second-order valence-electron chi connectivity index (χ2n) is 3.85. The maximum absolute atomic E-state index is 6.10. The van der Waals surface area contributed by atoms with E-state index in [2.05, 4.69) is 4.98 Å². The van der Waals surface area contributed by atoms with Crippen LogP contribution in [0.2, 0.25) is 5.02 Å². The fourth-order valence-electron chi connectivity index (χ4n) is 1.57. The normalized spacial score (nSPS) is 10.3. The summed E-state index contributed by atoms with van der Waals surface area (Å²) in [5.41, 5.74) is 2.18. The predicted molar refractivity (Wildman–Crippen MR) is 74.4 cm³/mol. The van der Waals surface area contributed by atoms with Gasteiger partial charge >= 0.3 is 0 Å². The van der Waals surface area contributed by atoms with E-state index in [-0.39, 0.29) is 0 Å². The largest absolute Gasteiger partial charge is 0.492 e. The van der Waals surface area contributed by atoms with Gasteiger partial charge in [0.15, 0.2) is 0 Å². The molecule has 18 heavy (non-hydrogen) atoms. The molecule has 0 atom stereocenters. The van der Waals surface area contributed by atoms with Crippen molar-refractivity contribution in [2.24, 2.45) is 0 Å². The molecule has 2 rings (SSSR count). The summed E-state index contributed by atoms with van der Waals surface area (Å²) in [5.74, 6) is 1.15. The van der Waals surface area contributed by atoms with Crippen molar-refractivity contribution in [1.82, 2.24) is 4.98 Å². The maximum atomic E-state index is 6.10. The molecule has 0 saturated carbocycles. The summed E-state index contributed by atoms with van der Waals surface area (Å²) in [6, 6.07) is 9.55. The van der Waals surface area contributed by atoms with E-state index in [1.165, 1.54) is 5.56 Å². The van der Waals surface area contributed by atoms with Gasteiger partial charge in [0, 0.05) is 24.7 Å². The van der Waals surface area contributed by atoms with Crippen LogP contribution < -0.4 is 4.74 Å². The van der Waals surface area contributed by atoms with Gasteiger partial charge in [0.25, 0.3) is 0 Å². The van der Waals surface area contributed by atoms with Crippen LogP contribution in [-0.4, -0.2) is 11.6 Å². The van der Waals surface area contributed by atoms with Crippen molar-refractivity contribution in [2.75, 3.05) is 6.61 Å². The molecule has 1 heterocycles. The highest BCUT2D eigenvalue weighted by Gasteiger charge is 2.03. The first kappa shape index (κ1) is 13.2. The minimum Gasteiger partial charge on any atom is -0.492 e. The Morgan fingerprint density at radius 3 is 2.50 bits per heavy atom. The first-order valence-electron chi connectivity index (χ1n) is 5.65. The number of alkyl halides is 1. The molecular weight excluding hydrogens is 269 g/mol. The lowest BCUT2D eigenvalue weighted by molar-refractivity contribution is 0.322. The Labute approximate surface area is 117 Å². The van der Waals surface area contributed by atoms with Crippen LogP contribution in [0.3, 0.4) is 0 Å². The van der Waals surface area contributed by atoms with Crippen molar-refractivity contribution in [1.29, 1.82) is 0 Å². The minimum atomic E-state index is 0.455. The van der Waals surface area contributed by atoms with Crippen LogP contribution >= 0.6 is 23.2 Å². The minimum absolute atomic E-state index is 0.455. The van der Waals surface area contributed by atoms with Crippen LogP contribution in [-0.2, 0) is 12.3 Å². The molecule has 0 fully saturated rings. The van der Waals surface area contributed by atoms with Crippen LogP contribution in [0, 0.1) is 0 Å². The molecule has 4 heteroatoms. The number of aromatic nitrogens is 1. The van der Waals surface area contributed by atoms with E-state index < -0.39 is 0 Å². The summed E-state index contributed by atoms with van der Waals surface area (Å²) < 4.78 is 5.64. The predicted octanol–water partition coefficient (Wildman–Crippen LogP) is 4.10. The molecule has 0 amide bonds. The molecule has 0 saturated heterocycles. The van der Waals surface area contributed by atoms with E-state index in [9.17, 15) is 0 Å². The Morgan fingerprint density at radius 1 is 1.06 bits per heavy atom. The smallest absolute Gasteiger partial charge is 0.137 e. The average Bonchev–Trinajstić information content (AvgIpc) is 2.42. The molecule has 0 spiro atoms. The second-order valence-corrected chi connectivity index (χ2v) is 4.53. The van der Waals surface area contributed by atoms with Crippen molar-refractivity contribution in [3.8, 4) is 5.75 Å². The van der Waals surface area contributed by atoms with E-state index in [0.717, 1.165) is 12.0 Å². The number of benzene rings is 1. The Hall–Kier alpha value is -1.25. The van der Waals surface area contributed by atoms with Gasteiger partial charge in [-0.1, -0.05) is 17.7 Å². The topological polar surface area (TPSA) is 22.1 Å². The van der Waals surface area contributed by atoms with Crippen molar-refractivity contribution in [3.05, 3.63) is 58.9 Å². The van der Waals surface area contributed by atoms with E-state index in [0.29, 0.717) is 23.3 Å². The summed E-state index contributed by atoms with van der Waals surface area (Å²) >= 11 is 11.8. The van der Waals surface area contributed by atoms with E-state index in [1.807, 2.05) is 30.3 Å². The van der Waals surface area contributed by atoms with Gasteiger partial charge in [0.2, 0.25) is 0 Å². The first-order chi connectivity index (χ1) is 8.79. The highest BCUT2D eigenvalue weighted by molar-refractivity contribution is 6.32. The lowest BCUT2D eigenvalue weighted by atomic mass is 10.2. The van der Waals surface area contributed by atoms with E-state index in [1.54, 1.807) is 12.4 Å². The van der Waals surface area contributed by atoms with Gasteiger partial charge < -0.3 is 4.74 Å². The third-order valence-electron chi connectivity index (χ3n) is 2.55. The van der Waals surface area contributed by atoms with Gasteiger partial charge in [0.05, 0.1) is 11.6 Å². The van der Waals surface area contributed by atoms with Crippen LogP contribution in [0.1, 0.15) is 11.1 Å². The van der Waals surface area contributed by atoms with E-state index in [4.69, 9.17) is 27.9 Å². The molecule has 94 valence electrons. The molecular formula is C14H13Cl2NO. The van der Waals surface area contributed by atoms with Gasteiger partial charge in [-0.25, -0.2) is 0 Å². The summed E-state index contributed by atoms with van der Waals surface area (Å²) in [4.78, 5) is 3.97. The molecule has 1 aromatic carbocycles. The SMILES string of the molecule is ClCc1ccc(OCCc2ccncc2)c(Cl)c1. The molecule has 1 aromatic heterocycles. The number of rotatable bonds is 5. The Kier molecular flexibility index (Phi) is 4.85. The summed E-state index contributed by atoms with van der Waals surface area (Å²) in [7, 11) is 0. The van der Waals surface area contributed by atoms with Crippen LogP contribution in [0.25, 0.3) is 0 Å². The number of hydrogen-bond acceptors (Lipinski definition) is 2. The zero-order valence-corrected chi connectivity index (χ0v) is 11.3. The molecule has 0 radical (unpaired) electrons.